The van der Waals surface area contributed by atoms with E-state index in [0.29, 0.717) is 19.3 Å². The number of hydrogen-bond acceptors (Lipinski definition) is 5. The summed E-state index contributed by atoms with van der Waals surface area (Å²) in [6.07, 6.45) is 54.3. The molecule has 3 unspecified atom stereocenters. The predicted molar refractivity (Wildman–Crippen MR) is 245 cm³/mol. The van der Waals surface area contributed by atoms with Gasteiger partial charge in [-0.15, -0.1) is 0 Å². The molecule has 0 fully saturated rings. The van der Waals surface area contributed by atoms with E-state index in [4.69, 9.17) is 4.74 Å². The molecule has 0 aliphatic carbocycles. The van der Waals surface area contributed by atoms with Gasteiger partial charge in [0.25, 0.3) is 0 Å². The monoisotopic (exact) mass is 798 g/mol. The van der Waals surface area contributed by atoms with E-state index < -0.39 is 18.2 Å². The smallest absolute Gasteiger partial charge is 0.306 e. The number of allylic oxidation sites excluding steroid dienone is 10. The van der Waals surface area contributed by atoms with Crippen molar-refractivity contribution in [2.24, 2.45) is 0 Å². The van der Waals surface area contributed by atoms with E-state index in [1.807, 2.05) is 0 Å². The van der Waals surface area contributed by atoms with E-state index in [0.717, 1.165) is 89.9 Å². The summed E-state index contributed by atoms with van der Waals surface area (Å²) in [5.74, 6) is -0.550. The molecular formula is C51H91NO5. The second kappa shape index (κ2) is 44.7. The number of aliphatic hydroxyl groups is 2. The van der Waals surface area contributed by atoms with Crippen LogP contribution in [0.1, 0.15) is 226 Å². The molecule has 0 aliphatic heterocycles. The molecule has 0 saturated heterocycles. The number of carbonyl (C=O) groups is 2. The SMILES string of the molecule is CC/C=C/C/C=C/C/C=C/C/C=C/CCCC(CC(=O)NC(CO)C(O)CCCCCCCCCCCC)OC(=O)CCCCC/C=C\CCCCCCCCC. The lowest BCUT2D eigenvalue weighted by Crippen LogP contribution is -2.46. The summed E-state index contributed by atoms with van der Waals surface area (Å²) in [7, 11) is 0. The lowest BCUT2D eigenvalue weighted by Gasteiger charge is -2.24. The number of rotatable bonds is 42. The molecule has 0 spiro atoms. The molecule has 57 heavy (non-hydrogen) atoms. The van der Waals surface area contributed by atoms with Crippen LogP contribution in [0, 0.1) is 0 Å². The van der Waals surface area contributed by atoms with Crippen LogP contribution in [0.15, 0.2) is 60.8 Å². The Balaban J connectivity index is 4.72. The van der Waals surface area contributed by atoms with Crippen LogP contribution in [0.3, 0.4) is 0 Å². The zero-order valence-corrected chi connectivity index (χ0v) is 37.5. The molecular weight excluding hydrogens is 707 g/mol. The fraction of sp³-hybridized carbons (Fsp3) is 0.765. The summed E-state index contributed by atoms with van der Waals surface area (Å²) in [4.78, 5) is 26.0. The highest BCUT2D eigenvalue weighted by atomic mass is 16.5. The van der Waals surface area contributed by atoms with Crippen molar-refractivity contribution in [1.29, 1.82) is 0 Å². The molecule has 330 valence electrons. The quantitative estimate of drug-likeness (QED) is 0.0325. The molecule has 0 aromatic rings. The van der Waals surface area contributed by atoms with Crippen LogP contribution in [0.5, 0.6) is 0 Å². The topological polar surface area (TPSA) is 95.9 Å². The molecule has 3 atom stereocenters. The molecule has 0 rings (SSSR count). The molecule has 0 aromatic heterocycles. The third kappa shape index (κ3) is 40.1. The summed E-state index contributed by atoms with van der Waals surface area (Å²) < 4.78 is 5.88. The standard InChI is InChI=1S/C51H91NO5/c1-4-7-10-13-16-19-22-24-26-28-30-33-36-39-42-47(57-51(56)44-41-38-35-32-29-27-25-23-20-17-14-11-8-5-2)45-50(55)52-48(46-53)49(54)43-40-37-34-31-21-18-15-12-9-6-3/h7,10,16,19,24,26-27,29-30,33,47-49,53-54H,4-6,8-9,11-15,17-18,20-23,25,28,31-32,34-46H2,1-3H3,(H,52,55)/b10-7+,19-16+,26-24+,29-27-,33-30+. The fourth-order valence-corrected chi connectivity index (χ4v) is 6.95. The molecule has 0 aliphatic rings. The van der Waals surface area contributed by atoms with Crippen molar-refractivity contribution < 1.29 is 24.5 Å². The van der Waals surface area contributed by atoms with Gasteiger partial charge >= 0.3 is 5.97 Å². The number of nitrogens with one attached hydrogen (secondary N) is 1. The van der Waals surface area contributed by atoms with Crippen LogP contribution >= 0.6 is 0 Å². The largest absolute Gasteiger partial charge is 0.462 e. The number of carbonyl (C=O) groups excluding carboxylic acids is 2. The van der Waals surface area contributed by atoms with Crippen molar-refractivity contribution in [3.63, 3.8) is 0 Å². The first-order valence-corrected chi connectivity index (χ1v) is 24.0. The van der Waals surface area contributed by atoms with Gasteiger partial charge in [0.05, 0.1) is 25.2 Å². The minimum absolute atomic E-state index is 0.0327. The van der Waals surface area contributed by atoms with Crippen LogP contribution in [-0.2, 0) is 14.3 Å². The van der Waals surface area contributed by atoms with E-state index in [9.17, 15) is 19.8 Å². The average molecular weight is 798 g/mol. The number of ether oxygens (including phenoxy) is 1. The van der Waals surface area contributed by atoms with E-state index in [-0.39, 0.29) is 24.9 Å². The molecule has 0 saturated carbocycles. The first-order valence-electron chi connectivity index (χ1n) is 24.0. The van der Waals surface area contributed by atoms with Gasteiger partial charge in [0.15, 0.2) is 0 Å². The van der Waals surface area contributed by atoms with E-state index >= 15 is 0 Å². The third-order valence-corrected chi connectivity index (χ3v) is 10.6. The Morgan fingerprint density at radius 2 is 0.965 bits per heavy atom. The van der Waals surface area contributed by atoms with Crippen LogP contribution < -0.4 is 5.32 Å². The maximum atomic E-state index is 13.1. The van der Waals surface area contributed by atoms with Gasteiger partial charge in [-0.1, -0.05) is 191 Å². The number of amides is 1. The lowest BCUT2D eigenvalue weighted by atomic mass is 10.0. The molecule has 3 N–H and O–H groups in total. The molecule has 6 nitrogen and oxygen atoms in total. The fourth-order valence-electron chi connectivity index (χ4n) is 6.95. The average Bonchev–Trinajstić information content (AvgIpc) is 3.20. The molecule has 6 heteroatoms. The summed E-state index contributed by atoms with van der Waals surface area (Å²) in [5.41, 5.74) is 0. The van der Waals surface area contributed by atoms with Crippen molar-refractivity contribution in [2.45, 2.75) is 244 Å². The number of aliphatic hydroxyl groups excluding tert-OH is 2. The van der Waals surface area contributed by atoms with Crippen molar-refractivity contribution in [2.75, 3.05) is 6.61 Å². The Labute approximate surface area is 352 Å². The van der Waals surface area contributed by atoms with Crippen LogP contribution in [0.4, 0.5) is 0 Å². The van der Waals surface area contributed by atoms with Gasteiger partial charge in [0.1, 0.15) is 6.10 Å². The zero-order valence-electron chi connectivity index (χ0n) is 37.5. The van der Waals surface area contributed by atoms with Gasteiger partial charge in [0.2, 0.25) is 5.91 Å². The van der Waals surface area contributed by atoms with Gasteiger partial charge in [-0.25, -0.2) is 0 Å². The summed E-state index contributed by atoms with van der Waals surface area (Å²) >= 11 is 0. The molecule has 1 amide bonds. The first kappa shape index (κ1) is 54.6. The number of unbranched alkanes of at least 4 members (excludes halogenated alkanes) is 20. The number of hydrogen-bond donors (Lipinski definition) is 3. The summed E-state index contributed by atoms with van der Waals surface area (Å²) in [5, 5.41) is 23.6. The Kier molecular flexibility index (Phi) is 42.7. The lowest BCUT2D eigenvalue weighted by molar-refractivity contribution is -0.151. The second-order valence-electron chi connectivity index (χ2n) is 16.1. The molecule has 0 heterocycles. The minimum atomic E-state index is -0.803. The number of esters is 1. The Hall–Kier alpha value is -2.44. The highest BCUT2D eigenvalue weighted by Crippen LogP contribution is 2.16. The van der Waals surface area contributed by atoms with Crippen molar-refractivity contribution >= 4 is 11.9 Å². The summed E-state index contributed by atoms with van der Waals surface area (Å²) in [6.45, 7) is 6.32. The Morgan fingerprint density at radius 3 is 1.49 bits per heavy atom. The van der Waals surface area contributed by atoms with E-state index in [1.54, 1.807) is 0 Å². The predicted octanol–water partition coefficient (Wildman–Crippen LogP) is 14.1. The zero-order chi connectivity index (χ0) is 41.7. The highest BCUT2D eigenvalue weighted by molar-refractivity contribution is 5.77. The molecule has 0 radical (unpaired) electrons. The van der Waals surface area contributed by atoms with Crippen molar-refractivity contribution in [1.82, 2.24) is 5.32 Å². The van der Waals surface area contributed by atoms with Crippen molar-refractivity contribution in [3.8, 4) is 0 Å². The minimum Gasteiger partial charge on any atom is -0.462 e. The summed E-state index contributed by atoms with van der Waals surface area (Å²) in [6, 6.07) is -0.721. The highest BCUT2D eigenvalue weighted by Gasteiger charge is 2.24. The van der Waals surface area contributed by atoms with Crippen LogP contribution in [0.2, 0.25) is 0 Å². The van der Waals surface area contributed by atoms with Gasteiger partial charge in [-0.05, 0) is 83.5 Å². The Morgan fingerprint density at radius 1 is 0.526 bits per heavy atom. The molecule has 0 bridgehead atoms. The Bertz CT molecular complexity index is 1030. The van der Waals surface area contributed by atoms with Crippen molar-refractivity contribution in [3.05, 3.63) is 60.8 Å². The van der Waals surface area contributed by atoms with Gasteiger partial charge in [-0.3, -0.25) is 9.59 Å². The maximum absolute atomic E-state index is 13.1. The maximum Gasteiger partial charge on any atom is 0.306 e. The van der Waals surface area contributed by atoms with E-state index in [2.05, 4.69) is 86.8 Å². The van der Waals surface area contributed by atoms with Gasteiger partial charge in [0, 0.05) is 6.42 Å². The van der Waals surface area contributed by atoms with Gasteiger partial charge < -0.3 is 20.3 Å². The first-order chi connectivity index (χ1) is 28.0. The van der Waals surface area contributed by atoms with Crippen LogP contribution in [0.25, 0.3) is 0 Å². The second-order valence-corrected chi connectivity index (χ2v) is 16.1. The van der Waals surface area contributed by atoms with E-state index in [1.165, 1.54) is 89.9 Å². The molecule has 0 aromatic carbocycles. The third-order valence-electron chi connectivity index (χ3n) is 10.6. The van der Waals surface area contributed by atoms with Gasteiger partial charge in [-0.2, -0.15) is 0 Å². The van der Waals surface area contributed by atoms with Crippen LogP contribution in [-0.4, -0.2) is 46.9 Å². The normalized spacial score (nSPS) is 13.8.